The van der Waals surface area contributed by atoms with Crippen molar-refractivity contribution >= 4 is 5.69 Å². The van der Waals surface area contributed by atoms with Gasteiger partial charge >= 0.3 is 0 Å². The van der Waals surface area contributed by atoms with Gasteiger partial charge < -0.3 is 10.2 Å². The molecule has 0 radical (unpaired) electrons. The average molecular weight is 272 g/mol. The van der Waals surface area contributed by atoms with Crippen molar-refractivity contribution in [1.82, 2.24) is 4.90 Å². The van der Waals surface area contributed by atoms with Crippen LogP contribution in [-0.2, 0) is 12.8 Å². The molecule has 1 N–H and O–H groups in total. The summed E-state index contributed by atoms with van der Waals surface area (Å²) in [6, 6.07) is 7.55. The minimum Gasteiger partial charge on any atom is -0.383 e. The quantitative estimate of drug-likeness (QED) is 0.885. The SMILES string of the molecule is CC(C)Nc1ccc2c(c1)CC[C@@H]1CCN(C)C[C@H]1C2. The van der Waals surface area contributed by atoms with E-state index in [1.54, 1.807) is 11.1 Å². The number of benzene rings is 1. The standard InChI is InChI=1S/C18H28N2/c1-13(2)19-18-7-6-15-10-17-12-20(3)9-8-14(17)4-5-16(15)11-18/h6-7,11,13-14,17,19H,4-5,8-10,12H2,1-3H3/t14-,17-/m1/s1. The Balaban J connectivity index is 1.80. The largest absolute Gasteiger partial charge is 0.383 e. The molecule has 2 heteroatoms. The highest BCUT2D eigenvalue weighted by atomic mass is 15.1. The second-order valence-corrected chi connectivity index (χ2v) is 7.10. The van der Waals surface area contributed by atoms with Gasteiger partial charge in [-0.05, 0) is 88.2 Å². The second-order valence-electron chi connectivity index (χ2n) is 7.10. The predicted molar refractivity (Wildman–Crippen MR) is 86.3 cm³/mol. The van der Waals surface area contributed by atoms with E-state index < -0.39 is 0 Å². The first-order valence-corrected chi connectivity index (χ1v) is 8.18. The lowest BCUT2D eigenvalue weighted by atomic mass is 9.81. The van der Waals surface area contributed by atoms with Gasteiger partial charge in [-0.3, -0.25) is 0 Å². The smallest absolute Gasteiger partial charge is 0.0345 e. The van der Waals surface area contributed by atoms with Crippen LogP contribution < -0.4 is 5.32 Å². The van der Waals surface area contributed by atoms with E-state index in [1.165, 1.54) is 44.5 Å². The molecule has 1 aliphatic heterocycles. The summed E-state index contributed by atoms with van der Waals surface area (Å²) in [7, 11) is 2.28. The lowest BCUT2D eigenvalue weighted by molar-refractivity contribution is 0.140. The highest BCUT2D eigenvalue weighted by Gasteiger charge is 2.30. The molecule has 0 saturated carbocycles. The Morgan fingerprint density at radius 3 is 2.80 bits per heavy atom. The number of piperidine rings is 1. The van der Waals surface area contributed by atoms with Gasteiger partial charge in [-0.25, -0.2) is 0 Å². The van der Waals surface area contributed by atoms with Gasteiger partial charge in [0.25, 0.3) is 0 Å². The number of anilines is 1. The number of rotatable bonds is 2. The molecule has 0 aromatic heterocycles. The van der Waals surface area contributed by atoms with E-state index in [4.69, 9.17) is 0 Å². The first-order valence-electron chi connectivity index (χ1n) is 8.18. The van der Waals surface area contributed by atoms with Crippen molar-refractivity contribution in [3.05, 3.63) is 29.3 Å². The second kappa shape index (κ2) is 5.77. The van der Waals surface area contributed by atoms with E-state index >= 15 is 0 Å². The molecule has 1 saturated heterocycles. The summed E-state index contributed by atoms with van der Waals surface area (Å²) in [4.78, 5) is 2.51. The number of fused-ring (bicyclic) bond motifs is 2. The zero-order valence-corrected chi connectivity index (χ0v) is 13.2. The summed E-state index contributed by atoms with van der Waals surface area (Å²) in [6.45, 7) is 6.99. The van der Waals surface area contributed by atoms with Crippen molar-refractivity contribution in [1.29, 1.82) is 0 Å². The molecule has 2 aliphatic rings. The highest BCUT2D eigenvalue weighted by molar-refractivity contribution is 5.49. The maximum Gasteiger partial charge on any atom is 0.0345 e. The van der Waals surface area contributed by atoms with Gasteiger partial charge in [0, 0.05) is 18.3 Å². The Kier molecular flexibility index (Phi) is 4.02. The fraction of sp³-hybridized carbons (Fsp3) is 0.667. The molecule has 1 aliphatic carbocycles. The van der Waals surface area contributed by atoms with Crippen LogP contribution in [0.3, 0.4) is 0 Å². The molecule has 0 bridgehead atoms. The Bertz CT molecular complexity index is 466. The summed E-state index contributed by atoms with van der Waals surface area (Å²) >= 11 is 0. The fourth-order valence-corrected chi connectivity index (χ4v) is 3.98. The molecule has 1 aromatic rings. The van der Waals surface area contributed by atoms with Crippen molar-refractivity contribution < 1.29 is 0 Å². The molecule has 0 spiro atoms. The molecule has 110 valence electrons. The van der Waals surface area contributed by atoms with Crippen LogP contribution in [0.5, 0.6) is 0 Å². The zero-order valence-electron chi connectivity index (χ0n) is 13.2. The van der Waals surface area contributed by atoms with Crippen LogP contribution in [0.1, 0.15) is 37.8 Å². The topological polar surface area (TPSA) is 15.3 Å². The summed E-state index contributed by atoms with van der Waals surface area (Å²) < 4.78 is 0. The Morgan fingerprint density at radius 2 is 2.00 bits per heavy atom. The molecular formula is C18H28N2. The van der Waals surface area contributed by atoms with E-state index in [1.807, 2.05) is 0 Å². The van der Waals surface area contributed by atoms with Gasteiger partial charge in [-0.2, -0.15) is 0 Å². The van der Waals surface area contributed by atoms with Crippen molar-refractivity contribution in [2.75, 3.05) is 25.5 Å². The molecule has 2 nitrogen and oxygen atoms in total. The minimum atomic E-state index is 0.509. The zero-order chi connectivity index (χ0) is 14.1. The van der Waals surface area contributed by atoms with E-state index in [2.05, 4.69) is 49.3 Å². The Hall–Kier alpha value is -1.02. The molecule has 20 heavy (non-hydrogen) atoms. The first-order chi connectivity index (χ1) is 9.61. The number of hydrogen-bond donors (Lipinski definition) is 1. The van der Waals surface area contributed by atoms with Crippen molar-refractivity contribution in [2.45, 2.75) is 45.6 Å². The van der Waals surface area contributed by atoms with Crippen LogP contribution >= 0.6 is 0 Å². The number of hydrogen-bond acceptors (Lipinski definition) is 2. The number of aryl methyl sites for hydroxylation is 1. The van der Waals surface area contributed by atoms with Crippen molar-refractivity contribution in [2.24, 2.45) is 11.8 Å². The highest BCUT2D eigenvalue weighted by Crippen LogP contribution is 2.35. The number of likely N-dealkylation sites (tertiary alicyclic amines) is 1. The summed E-state index contributed by atoms with van der Waals surface area (Å²) in [6.07, 6.45) is 5.34. The van der Waals surface area contributed by atoms with E-state index in [9.17, 15) is 0 Å². The fourth-order valence-electron chi connectivity index (χ4n) is 3.98. The summed E-state index contributed by atoms with van der Waals surface area (Å²) in [5, 5.41) is 3.54. The van der Waals surface area contributed by atoms with Gasteiger partial charge in [0.15, 0.2) is 0 Å². The third-order valence-electron chi connectivity index (χ3n) is 5.02. The maximum atomic E-state index is 3.54. The maximum absolute atomic E-state index is 3.54. The molecule has 1 heterocycles. The molecule has 1 fully saturated rings. The Labute approximate surface area is 123 Å². The third-order valence-corrected chi connectivity index (χ3v) is 5.02. The van der Waals surface area contributed by atoms with Gasteiger partial charge in [-0.1, -0.05) is 6.07 Å². The van der Waals surface area contributed by atoms with Crippen LogP contribution in [0, 0.1) is 11.8 Å². The molecule has 0 unspecified atom stereocenters. The van der Waals surface area contributed by atoms with Gasteiger partial charge in [0.2, 0.25) is 0 Å². The number of nitrogens with one attached hydrogen (secondary N) is 1. The van der Waals surface area contributed by atoms with Gasteiger partial charge in [0.1, 0.15) is 0 Å². The van der Waals surface area contributed by atoms with Crippen molar-refractivity contribution in [3.8, 4) is 0 Å². The molecule has 3 rings (SSSR count). The average Bonchev–Trinajstić information content (AvgIpc) is 2.56. The lowest BCUT2D eigenvalue weighted by Gasteiger charge is -2.35. The van der Waals surface area contributed by atoms with Crippen LogP contribution in [-0.4, -0.2) is 31.1 Å². The predicted octanol–water partition coefficient (Wildman–Crippen LogP) is 3.56. The van der Waals surface area contributed by atoms with Gasteiger partial charge in [0.05, 0.1) is 0 Å². The third kappa shape index (κ3) is 3.01. The van der Waals surface area contributed by atoms with E-state index in [0.29, 0.717) is 6.04 Å². The lowest BCUT2D eigenvalue weighted by Crippen LogP contribution is -2.38. The Morgan fingerprint density at radius 1 is 1.15 bits per heavy atom. The summed E-state index contributed by atoms with van der Waals surface area (Å²) in [5.41, 5.74) is 4.48. The molecular weight excluding hydrogens is 244 g/mol. The van der Waals surface area contributed by atoms with Gasteiger partial charge in [-0.15, -0.1) is 0 Å². The number of nitrogens with zero attached hydrogens (tertiary/aromatic N) is 1. The first kappa shape index (κ1) is 13.9. The molecule has 2 atom stereocenters. The van der Waals surface area contributed by atoms with Crippen molar-refractivity contribution in [3.63, 3.8) is 0 Å². The molecule has 1 aromatic carbocycles. The molecule has 0 amide bonds. The van der Waals surface area contributed by atoms with Crippen LogP contribution in [0.15, 0.2) is 18.2 Å². The summed E-state index contributed by atoms with van der Waals surface area (Å²) in [5.74, 6) is 1.82. The normalized spacial score (nSPS) is 26.8. The van der Waals surface area contributed by atoms with Crippen LogP contribution in [0.2, 0.25) is 0 Å². The van der Waals surface area contributed by atoms with Crippen LogP contribution in [0.25, 0.3) is 0 Å². The minimum absolute atomic E-state index is 0.509. The van der Waals surface area contributed by atoms with E-state index in [0.717, 1.165) is 11.8 Å². The van der Waals surface area contributed by atoms with E-state index in [-0.39, 0.29) is 0 Å². The monoisotopic (exact) mass is 272 g/mol. The van der Waals surface area contributed by atoms with Crippen LogP contribution in [0.4, 0.5) is 5.69 Å².